The van der Waals surface area contributed by atoms with Gasteiger partial charge in [-0.15, -0.1) is 0 Å². The largest absolute Gasteiger partial charge is 0.496 e. The lowest BCUT2D eigenvalue weighted by atomic mass is 9.85. The number of hydrogen-bond donors (Lipinski definition) is 3. The Balaban J connectivity index is 1.76. The first-order valence-corrected chi connectivity index (χ1v) is 14.8. The third-order valence-electron chi connectivity index (χ3n) is 7.39. The number of carbonyl (C=O) groups excluding carboxylic acids is 3. The lowest BCUT2D eigenvalue weighted by molar-refractivity contribution is -0.151. The minimum absolute atomic E-state index is 0.0174. The first kappa shape index (κ1) is 33.5. The fourth-order valence-electron chi connectivity index (χ4n) is 5.23. The van der Waals surface area contributed by atoms with Crippen molar-refractivity contribution >= 4 is 40.7 Å². The second kappa shape index (κ2) is 13.3. The number of ether oxygens (including phenoxy) is 4. The number of aromatic nitrogens is 1. The summed E-state index contributed by atoms with van der Waals surface area (Å²) >= 11 is 0. The topological polar surface area (TPSA) is 166 Å². The second-order valence-corrected chi connectivity index (χ2v) is 13.2. The third kappa shape index (κ3) is 8.21. The van der Waals surface area contributed by atoms with E-state index in [1.165, 1.54) is 4.90 Å². The number of aliphatic carboxylic acids is 1. The maximum absolute atomic E-state index is 14.0. The van der Waals surface area contributed by atoms with E-state index in [1.54, 1.807) is 67.0 Å². The van der Waals surface area contributed by atoms with Gasteiger partial charge in [0.05, 0.1) is 26.9 Å². The molecule has 4 atom stereocenters. The molecule has 3 heterocycles. The van der Waals surface area contributed by atoms with Crippen molar-refractivity contribution in [3.05, 3.63) is 36.0 Å². The van der Waals surface area contributed by atoms with Gasteiger partial charge in [0.25, 0.3) is 0 Å². The molecule has 1 aromatic heterocycles. The first-order chi connectivity index (χ1) is 21.1. The minimum atomic E-state index is -1.22. The van der Waals surface area contributed by atoms with Crippen molar-refractivity contribution in [2.45, 2.75) is 77.8 Å². The molecule has 1 saturated heterocycles. The highest BCUT2D eigenvalue weighted by Crippen LogP contribution is 2.34. The van der Waals surface area contributed by atoms with Crippen LogP contribution >= 0.6 is 0 Å². The van der Waals surface area contributed by atoms with Crippen molar-refractivity contribution in [2.24, 2.45) is 5.41 Å². The second-order valence-electron chi connectivity index (χ2n) is 13.2. The molecule has 0 aliphatic carbocycles. The number of hydrogen-bond acceptors (Lipinski definition) is 9. The fraction of sp³-hybridized carbons (Fsp3) is 0.531. The van der Waals surface area contributed by atoms with Gasteiger partial charge in [-0.25, -0.2) is 14.6 Å². The van der Waals surface area contributed by atoms with Crippen molar-refractivity contribution in [1.82, 2.24) is 20.5 Å². The Labute approximate surface area is 262 Å². The summed E-state index contributed by atoms with van der Waals surface area (Å²) in [5.74, 6) is -1.59. The van der Waals surface area contributed by atoms with Crippen LogP contribution in [0.1, 0.15) is 53.5 Å². The normalized spacial score (nSPS) is 23.8. The Morgan fingerprint density at radius 3 is 2.53 bits per heavy atom. The van der Waals surface area contributed by atoms with E-state index in [0.717, 1.165) is 5.39 Å². The summed E-state index contributed by atoms with van der Waals surface area (Å²) < 4.78 is 23.0. The number of amides is 3. The van der Waals surface area contributed by atoms with Gasteiger partial charge < -0.3 is 39.6 Å². The molecule has 0 unspecified atom stereocenters. The molecule has 0 radical (unpaired) electrons. The van der Waals surface area contributed by atoms with Gasteiger partial charge >= 0.3 is 12.1 Å². The van der Waals surface area contributed by atoms with Crippen LogP contribution in [0.2, 0.25) is 0 Å². The van der Waals surface area contributed by atoms with Crippen LogP contribution in [-0.2, 0) is 23.9 Å². The standard InChI is InChI=1S/C32H42N4O9/c1-31(2,3)25-28(38)36-16-20(15-23(36)29(39)40)44-27-21-13-19(24(42-7)14-18(21)10-11-33-27)9-8-12-43-17-22(26(37)35-25)34-30(41)45-32(4,5)6/h8-11,13-14,20,22-23,25H,12,15-17H2,1-7H3,(H,34,41)(H,35,37)(H,39,40)/b9-8-/t20-,22+,23+,25-/m1/s1. The van der Waals surface area contributed by atoms with Crippen molar-refractivity contribution in [3.8, 4) is 11.6 Å². The monoisotopic (exact) mass is 626 g/mol. The van der Waals surface area contributed by atoms with Crippen LogP contribution in [0.3, 0.4) is 0 Å². The molecule has 244 valence electrons. The van der Waals surface area contributed by atoms with Crippen molar-refractivity contribution in [2.75, 3.05) is 26.9 Å². The first-order valence-electron chi connectivity index (χ1n) is 14.8. The number of nitrogens with one attached hydrogen (secondary N) is 2. The SMILES string of the molecule is COc1cc2ccnc3c2cc1/C=C\COC[C@H](NC(=O)OC(C)(C)C)C(=O)N[C@@H](C(C)(C)C)C(=O)N1C[C@@H](C[C@H]1C(=O)O)O3. The van der Waals surface area contributed by atoms with Gasteiger partial charge in [-0.3, -0.25) is 9.59 Å². The molecule has 0 spiro atoms. The van der Waals surface area contributed by atoms with Gasteiger partial charge in [0.1, 0.15) is 35.6 Å². The van der Waals surface area contributed by atoms with Crippen LogP contribution in [-0.4, -0.2) is 95.6 Å². The number of alkyl carbamates (subject to hydrolysis) is 1. The highest BCUT2D eigenvalue weighted by atomic mass is 16.6. The van der Waals surface area contributed by atoms with E-state index < -0.39 is 59.1 Å². The molecular weight excluding hydrogens is 584 g/mol. The van der Waals surface area contributed by atoms with Crippen LogP contribution < -0.4 is 20.1 Å². The number of methoxy groups -OCH3 is 1. The van der Waals surface area contributed by atoms with Crippen LogP contribution in [0.5, 0.6) is 11.6 Å². The molecule has 4 rings (SSSR count). The molecule has 1 fully saturated rings. The molecule has 3 N–H and O–H groups in total. The van der Waals surface area contributed by atoms with E-state index in [0.29, 0.717) is 22.6 Å². The number of fused-ring (bicyclic) bond motifs is 3. The van der Waals surface area contributed by atoms with Crippen LogP contribution in [0.15, 0.2) is 30.5 Å². The molecular formula is C32H42N4O9. The van der Waals surface area contributed by atoms with E-state index >= 15 is 0 Å². The summed E-state index contributed by atoms with van der Waals surface area (Å²) in [5.41, 5.74) is -0.950. The molecule has 2 aliphatic rings. The maximum atomic E-state index is 14.0. The molecule has 2 aromatic rings. The number of nitrogens with zero attached hydrogens (tertiary/aromatic N) is 2. The highest BCUT2D eigenvalue weighted by molar-refractivity contribution is 5.94. The summed E-state index contributed by atoms with van der Waals surface area (Å²) in [6, 6.07) is 1.94. The van der Waals surface area contributed by atoms with Gasteiger partial charge in [0, 0.05) is 23.6 Å². The smallest absolute Gasteiger partial charge is 0.408 e. The quantitative estimate of drug-likeness (QED) is 0.461. The highest BCUT2D eigenvalue weighted by Gasteiger charge is 2.46. The average Bonchev–Trinajstić information content (AvgIpc) is 3.36. The number of carboxylic acids is 1. The van der Waals surface area contributed by atoms with Crippen LogP contribution in [0, 0.1) is 5.41 Å². The third-order valence-corrected chi connectivity index (χ3v) is 7.39. The molecule has 13 heteroatoms. The molecule has 0 saturated carbocycles. The number of carboxylic acid groups (broad SMARTS) is 1. The Bertz CT molecular complexity index is 1480. The number of rotatable bonds is 3. The predicted molar refractivity (Wildman–Crippen MR) is 165 cm³/mol. The zero-order valence-electron chi connectivity index (χ0n) is 26.7. The van der Waals surface area contributed by atoms with Crippen molar-refractivity contribution in [3.63, 3.8) is 0 Å². The van der Waals surface area contributed by atoms with Gasteiger partial charge in [0.2, 0.25) is 17.7 Å². The maximum Gasteiger partial charge on any atom is 0.408 e. The molecule has 13 nitrogen and oxygen atoms in total. The van der Waals surface area contributed by atoms with Gasteiger partial charge in [-0.2, -0.15) is 0 Å². The zero-order valence-corrected chi connectivity index (χ0v) is 26.7. The molecule has 45 heavy (non-hydrogen) atoms. The van der Waals surface area contributed by atoms with Gasteiger partial charge in [0.15, 0.2) is 0 Å². The van der Waals surface area contributed by atoms with E-state index in [2.05, 4.69) is 15.6 Å². The Morgan fingerprint density at radius 2 is 1.89 bits per heavy atom. The van der Waals surface area contributed by atoms with E-state index in [-0.39, 0.29) is 26.2 Å². The van der Waals surface area contributed by atoms with Crippen LogP contribution in [0.25, 0.3) is 16.8 Å². The molecule has 4 bridgehead atoms. The number of pyridine rings is 1. The van der Waals surface area contributed by atoms with Crippen molar-refractivity contribution in [1.29, 1.82) is 0 Å². The number of benzene rings is 1. The predicted octanol–water partition coefficient (Wildman–Crippen LogP) is 3.14. The number of carbonyl (C=O) groups is 4. The van der Waals surface area contributed by atoms with E-state index in [4.69, 9.17) is 18.9 Å². The lowest BCUT2D eigenvalue weighted by Crippen LogP contribution is -2.60. The fourth-order valence-corrected chi connectivity index (χ4v) is 5.23. The summed E-state index contributed by atoms with van der Waals surface area (Å²) in [6.45, 7) is 10.1. The van der Waals surface area contributed by atoms with Crippen LogP contribution in [0.4, 0.5) is 4.79 Å². The van der Waals surface area contributed by atoms with Gasteiger partial charge in [-0.1, -0.05) is 32.9 Å². The summed E-state index contributed by atoms with van der Waals surface area (Å²) in [6.07, 6.45) is 3.62. The Morgan fingerprint density at radius 1 is 1.16 bits per heavy atom. The minimum Gasteiger partial charge on any atom is -0.496 e. The molecule has 1 aromatic carbocycles. The van der Waals surface area contributed by atoms with Crippen molar-refractivity contribution < 1.29 is 43.2 Å². The Hall–Kier alpha value is -4.39. The van der Waals surface area contributed by atoms with E-state index in [1.807, 2.05) is 18.2 Å². The molecule has 2 aliphatic heterocycles. The Kier molecular flexibility index (Phi) is 9.91. The average molecular weight is 627 g/mol. The zero-order chi connectivity index (χ0) is 33.1. The summed E-state index contributed by atoms with van der Waals surface area (Å²) in [4.78, 5) is 58.3. The van der Waals surface area contributed by atoms with E-state index in [9.17, 15) is 24.3 Å². The summed E-state index contributed by atoms with van der Waals surface area (Å²) in [5, 5.41) is 16.8. The summed E-state index contributed by atoms with van der Waals surface area (Å²) in [7, 11) is 1.55. The van der Waals surface area contributed by atoms with Gasteiger partial charge in [-0.05, 0) is 49.8 Å². The lowest BCUT2D eigenvalue weighted by Gasteiger charge is -2.35. The molecule has 3 amide bonds.